The van der Waals surface area contributed by atoms with Gasteiger partial charge >= 0.3 is 5.97 Å². The molecule has 5 nitrogen and oxygen atoms in total. The van der Waals surface area contributed by atoms with Gasteiger partial charge in [-0.1, -0.05) is 41.7 Å². The summed E-state index contributed by atoms with van der Waals surface area (Å²) in [6.07, 6.45) is 3.36. The van der Waals surface area contributed by atoms with Crippen molar-refractivity contribution in [3.05, 3.63) is 35.2 Å². The second kappa shape index (κ2) is 5.85. The third kappa shape index (κ3) is 2.93. The van der Waals surface area contributed by atoms with E-state index in [-0.39, 0.29) is 5.92 Å². The zero-order chi connectivity index (χ0) is 14.8. The summed E-state index contributed by atoms with van der Waals surface area (Å²) in [6.45, 7) is 0. The highest BCUT2D eigenvalue weighted by Gasteiger charge is 2.35. The van der Waals surface area contributed by atoms with Gasteiger partial charge < -0.3 is 9.63 Å². The summed E-state index contributed by atoms with van der Waals surface area (Å²) >= 11 is 5.95. The van der Waals surface area contributed by atoms with Crippen LogP contribution in [-0.4, -0.2) is 21.2 Å². The second-order valence-corrected chi connectivity index (χ2v) is 5.74. The number of nitrogens with zero attached hydrogens (tertiary/aromatic N) is 2. The fourth-order valence-corrected chi connectivity index (χ4v) is 3.04. The second-order valence-electron chi connectivity index (χ2n) is 5.30. The molecule has 2 aromatic rings. The lowest BCUT2D eigenvalue weighted by molar-refractivity contribution is -0.143. The Bertz CT molecular complexity index is 656. The molecule has 0 bridgehead atoms. The standard InChI is InChI=1S/C15H15ClN2O3/c16-10-5-3-4-9(8-10)13-17-14(21-18-13)11-6-1-2-7-12(11)15(19)20/h3-5,8,11-12H,1-2,6-7H2,(H,19,20). The Morgan fingerprint density at radius 1 is 1.33 bits per heavy atom. The first-order valence-electron chi connectivity index (χ1n) is 6.97. The molecule has 1 fully saturated rings. The molecular weight excluding hydrogens is 292 g/mol. The zero-order valence-corrected chi connectivity index (χ0v) is 12.1. The fraction of sp³-hybridized carbons (Fsp3) is 0.400. The molecule has 1 saturated carbocycles. The summed E-state index contributed by atoms with van der Waals surface area (Å²) < 4.78 is 5.31. The Morgan fingerprint density at radius 2 is 2.14 bits per heavy atom. The molecule has 0 saturated heterocycles. The lowest BCUT2D eigenvalue weighted by Crippen LogP contribution is -2.25. The predicted molar refractivity (Wildman–Crippen MR) is 77.1 cm³/mol. The monoisotopic (exact) mass is 306 g/mol. The number of hydrogen-bond donors (Lipinski definition) is 1. The van der Waals surface area contributed by atoms with E-state index in [4.69, 9.17) is 16.1 Å². The van der Waals surface area contributed by atoms with Crippen LogP contribution >= 0.6 is 11.6 Å². The van der Waals surface area contributed by atoms with Crippen LogP contribution in [0.3, 0.4) is 0 Å². The Balaban J connectivity index is 1.88. The Morgan fingerprint density at radius 3 is 2.90 bits per heavy atom. The molecule has 21 heavy (non-hydrogen) atoms. The first kappa shape index (κ1) is 14.1. The van der Waals surface area contributed by atoms with Gasteiger partial charge in [0.15, 0.2) is 0 Å². The molecule has 1 aromatic carbocycles. The van der Waals surface area contributed by atoms with E-state index in [0.717, 1.165) is 24.8 Å². The minimum atomic E-state index is -0.790. The minimum Gasteiger partial charge on any atom is -0.481 e. The van der Waals surface area contributed by atoms with Crippen LogP contribution in [0.5, 0.6) is 0 Å². The molecule has 3 rings (SSSR count). The average molecular weight is 307 g/mol. The molecule has 6 heteroatoms. The van der Waals surface area contributed by atoms with Crippen LogP contribution in [0.25, 0.3) is 11.4 Å². The van der Waals surface area contributed by atoms with Crippen LogP contribution in [0.15, 0.2) is 28.8 Å². The van der Waals surface area contributed by atoms with E-state index in [0.29, 0.717) is 23.2 Å². The maximum atomic E-state index is 11.4. The quantitative estimate of drug-likeness (QED) is 0.934. The smallest absolute Gasteiger partial charge is 0.307 e. The van der Waals surface area contributed by atoms with Gasteiger partial charge in [0.05, 0.1) is 11.8 Å². The van der Waals surface area contributed by atoms with Gasteiger partial charge in [-0.25, -0.2) is 0 Å². The van der Waals surface area contributed by atoms with Crippen molar-refractivity contribution in [3.63, 3.8) is 0 Å². The molecule has 1 aliphatic carbocycles. The number of aliphatic carboxylic acids is 1. The summed E-state index contributed by atoms with van der Waals surface area (Å²) in [5, 5.41) is 13.9. The minimum absolute atomic E-state index is 0.198. The lowest BCUT2D eigenvalue weighted by atomic mass is 9.79. The number of halogens is 1. The maximum absolute atomic E-state index is 11.4. The van der Waals surface area contributed by atoms with E-state index >= 15 is 0 Å². The van der Waals surface area contributed by atoms with Crippen molar-refractivity contribution in [2.24, 2.45) is 5.92 Å². The molecule has 1 heterocycles. The summed E-state index contributed by atoms with van der Waals surface area (Å²) in [7, 11) is 0. The Kier molecular flexibility index (Phi) is 3.92. The molecule has 110 valence electrons. The molecule has 2 atom stereocenters. The summed E-state index contributed by atoms with van der Waals surface area (Å²) in [6, 6.07) is 7.18. The number of rotatable bonds is 3. The van der Waals surface area contributed by atoms with Gasteiger partial charge in [0.2, 0.25) is 11.7 Å². The van der Waals surface area contributed by atoms with Gasteiger partial charge in [0.1, 0.15) is 0 Å². The van der Waals surface area contributed by atoms with Crippen LogP contribution in [0, 0.1) is 5.92 Å². The molecule has 1 aromatic heterocycles. The summed E-state index contributed by atoms with van der Waals surface area (Å²) in [4.78, 5) is 15.7. The molecule has 0 amide bonds. The van der Waals surface area contributed by atoms with Crippen molar-refractivity contribution < 1.29 is 14.4 Å². The number of carboxylic acids is 1. The highest BCUT2D eigenvalue weighted by Crippen LogP contribution is 2.37. The SMILES string of the molecule is O=C(O)C1CCCCC1c1nc(-c2cccc(Cl)c2)no1. The zero-order valence-electron chi connectivity index (χ0n) is 11.3. The Labute approximate surface area is 126 Å². The third-order valence-electron chi connectivity index (χ3n) is 3.92. The summed E-state index contributed by atoms with van der Waals surface area (Å²) in [5.41, 5.74) is 0.764. The van der Waals surface area contributed by atoms with Gasteiger partial charge in [0, 0.05) is 10.6 Å². The van der Waals surface area contributed by atoms with E-state index in [1.165, 1.54) is 0 Å². The van der Waals surface area contributed by atoms with Crippen molar-refractivity contribution in [2.75, 3.05) is 0 Å². The molecule has 2 unspecified atom stereocenters. The first-order valence-corrected chi connectivity index (χ1v) is 7.35. The normalized spacial score (nSPS) is 22.1. The van der Waals surface area contributed by atoms with E-state index in [1.807, 2.05) is 12.1 Å². The molecule has 1 aliphatic rings. The van der Waals surface area contributed by atoms with E-state index in [1.54, 1.807) is 12.1 Å². The average Bonchev–Trinajstić information content (AvgIpc) is 2.97. The first-order chi connectivity index (χ1) is 10.1. The largest absolute Gasteiger partial charge is 0.481 e. The number of benzene rings is 1. The third-order valence-corrected chi connectivity index (χ3v) is 4.16. The molecule has 0 radical (unpaired) electrons. The van der Waals surface area contributed by atoms with Crippen molar-refractivity contribution in [2.45, 2.75) is 31.6 Å². The van der Waals surface area contributed by atoms with Gasteiger partial charge in [-0.15, -0.1) is 0 Å². The highest BCUT2D eigenvalue weighted by atomic mass is 35.5. The maximum Gasteiger partial charge on any atom is 0.307 e. The molecule has 0 spiro atoms. The molecular formula is C15H15ClN2O3. The highest BCUT2D eigenvalue weighted by molar-refractivity contribution is 6.30. The Hall–Kier alpha value is -1.88. The number of hydrogen-bond acceptors (Lipinski definition) is 4. The van der Waals surface area contributed by atoms with Crippen molar-refractivity contribution in [3.8, 4) is 11.4 Å². The number of aromatic nitrogens is 2. The molecule has 0 aliphatic heterocycles. The lowest BCUT2D eigenvalue weighted by Gasteiger charge is -2.25. The van der Waals surface area contributed by atoms with Gasteiger partial charge in [-0.2, -0.15) is 4.98 Å². The van der Waals surface area contributed by atoms with Gasteiger partial charge in [-0.3, -0.25) is 4.79 Å². The van der Waals surface area contributed by atoms with Crippen LogP contribution in [0.4, 0.5) is 0 Å². The van der Waals surface area contributed by atoms with Crippen LogP contribution < -0.4 is 0 Å². The van der Waals surface area contributed by atoms with Crippen molar-refractivity contribution in [1.82, 2.24) is 10.1 Å². The van der Waals surface area contributed by atoms with Crippen molar-refractivity contribution in [1.29, 1.82) is 0 Å². The van der Waals surface area contributed by atoms with Gasteiger partial charge in [-0.05, 0) is 25.0 Å². The van der Waals surface area contributed by atoms with Crippen LogP contribution in [-0.2, 0) is 4.79 Å². The van der Waals surface area contributed by atoms with E-state index < -0.39 is 11.9 Å². The predicted octanol–water partition coefficient (Wildman–Crippen LogP) is 3.75. The van der Waals surface area contributed by atoms with Crippen LogP contribution in [0.2, 0.25) is 5.02 Å². The molecule has 1 N–H and O–H groups in total. The fourth-order valence-electron chi connectivity index (χ4n) is 2.85. The number of carboxylic acid groups (broad SMARTS) is 1. The summed E-state index contributed by atoms with van der Waals surface area (Å²) in [5.74, 6) is -0.565. The topological polar surface area (TPSA) is 76.2 Å². The van der Waals surface area contributed by atoms with Crippen molar-refractivity contribution >= 4 is 17.6 Å². The van der Waals surface area contributed by atoms with E-state index in [2.05, 4.69) is 10.1 Å². The van der Waals surface area contributed by atoms with Crippen LogP contribution in [0.1, 0.15) is 37.5 Å². The number of carbonyl (C=O) groups is 1. The van der Waals surface area contributed by atoms with Gasteiger partial charge in [0.25, 0.3) is 0 Å². The van der Waals surface area contributed by atoms with E-state index in [9.17, 15) is 9.90 Å².